The smallest absolute Gasteiger partial charge is 0.306 e. The van der Waals surface area contributed by atoms with E-state index < -0.39 is 17.8 Å². The van der Waals surface area contributed by atoms with Crippen molar-refractivity contribution in [2.75, 3.05) is 12.4 Å². The molecule has 7 nitrogen and oxygen atoms in total. The largest absolute Gasteiger partial charge is 0.481 e. The molecule has 0 radical (unpaired) electrons. The molecule has 0 saturated carbocycles. The molecule has 1 amide bonds. The quantitative estimate of drug-likeness (QED) is 0.848. The monoisotopic (exact) mass is 304 g/mol. The van der Waals surface area contributed by atoms with Crippen molar-refractivity contribution in [2.24, 2.45) is 5.92 Å². The van der Waals surface area contributed by atoms with E-state index in [9.17, 15) is 9.59 Å². The number of rotatable bonds is 6. The van der Waals surface area contributed by atoms with Crippen molar-refractivity contribution in [1.82, 2.24) is 5.16 Å². The van der Waals surface area contributed by atoms with Crippen LogP contribution in [-0.2, 0) is 11.2 Å². The fourth-order valence-electron chi connectivity index (χ4n) is 1.82. The van der Waals surface area contributed by atoms with Crippen molar-refractivity contribution >= 4 is 17.6 Å². The van der Waals surface area contributed by atoms with E-state index in [4.69, 9.17) is 14.4 Å². The Morgan fingerprint density at radius 1 is 1.36 bits per heavy atom. The molecule has 1 aromatic carbocycles. The number of aliphatic carboxylic acids is 1. The van der Waals surface area contributed by atoms with E-state index in [-0.39, 0.29) is 11.6 Å². The lowest BCUT2D eigenvalue weighted by Crippen LogP contribution is -2.13. The number of nitrogens with zero attached hydrogens (tertiary/aromatic N) is 1. The van der Waals surface area contributed by atoms with E-state index in [0.717, 1.165) is 5.56 Å². The molecule has 2 N–H and O–H groups in total. The number of carbonyl (C=O) groups is 2. The number of amides is 1. The van der Waals surface area contributed by atoms with Crippen LogP contribution in [0.5, 0.6) is 5.88 Å². The van der Waals surface area contributed by atoms with Crippen LogP contribution in [0, 0.1) is 5.92 Å². The van der Waals surface area contributed by atoms with E-state index in [0.29, 0.717) is 12.1 Å². The molecule has 0 saturated heterocycles. The molecule has 1 unspecified atom stereocenters. The number of carboxylic acids is 1. The lowest BCUT2D eigenvalue weighted by atomic mass is 10.0. The molecule has 2 rings (SSSR count). The summed E-state index contributed by atoms with van der Waals surface area (Å²) in [6, 6.07) is 8.34. The van der Waals surface area contributed by atoms with Gasteiger partial charge in [-0.25, -0.2) is 0 Å². The van der Waals surface area contributed by atoms with Gasteiger partial charge >= 0.3 is 5.97 Å². The Kier molecular flexibility index (Phi) is 4.77. The highest BCUT2D eigenvalue weighted by molar-refractivity contribution is 6.02. The van der Waals surface area contributed by atoms with Crippen molar-refractivity contribution in [2.45, 2.75) is 13.3 Å². The minimum atomic E-state index is -0.836. The zero-order chi connectivity index (χ0) is 16.1. The molecule has 2 aromatic rings. The Morgan fingerprint density at radius 2 is 2.05 bits per heavy atom. The molecule has 0 aliphatic heterocycles. The highest BCUT2D eigenvalue weighted by Gasteiger charge is 2.14. The van der Waals surface area contributed by atoms with Gasteiger partial charge in [0.15, 0.2) is 0 Å². The molecule has 0 fully saturated rings. The third-order valence-corrected chi connectivity index (χ3v) is 3.10. The van der Waals surface area contributed by atoms with Crippen molar-refractivity contribution in [3.05, 3.63) is 41.7 Å². The first kappa shape index (κ1) is 15.6. The van der Waals surface area contributed by atoms with Crippen LogP contribution in [0.15, 0.2) is 34.9 Å². The highest BCUT2D eigenvalue weighted by atomic mass is 16.5. The highest BCUT2D eigenvalue weighted by Crippen LogP contribution is 2.16. The van der Waals surface area contributed by atoms with E-state index in [1.165, 1.54) is 13.2 Å². The molecular weight excluding hydrogens is 288 g/mol. The van der Waals surface area contributed by atoms with Gasteiger partial charge in [-0.05, 0) is 29.3 Å². The molecule has 1 heterocycles. The molecule has 0 aliphatic carbocycles. The summed E-state index contributed by atoms with van der Waals surface area (Å²) < 4.78 is 9.67. The first-order chi connectivity index (χ1) is 10.5. The summed E-state index contributed by atoms with van der Waals surface area (Å²) in [5.74, 6) is -1.47. The van der Waals surface area contributed by atoms with Gasteiger partial charge in [-0.1, -0.05) is 19.1 Å². The average molecular weight is 304 g/mol. The first-order valence-corrected chi connectivity index (χ1v) is 6.63. The summed E-state index contributed by atoms with van der Waals surface area (Å²) in [5, 5.41) is 15.1. The molecule has 0 spiro atoms. The lowest BCUT2D eigenvalue weighted by Gasteiger charge is -2.07. The van der Waals surface area contributed by atoms with Crippen molar-refractivity contribution < 1.29 is 24.0 Å². The van der Waals surface area contributed by atoms with Gasteiger partial charge in [-0.15, -0.1) is 0 Å². The van der Waals surface area contributed by atoms with Crippen LogP contribution in [-0.4, -0.2) is 29.2 Å². The van der Waals surface area contributed by atoms with Gasteiger partial charge < -0.3 is 19.7 Å². The maximum atomic E-state index is 11.9. The van der Waals surface area contributed by atoms with Crippen LogP contribution in [0.1, 0.15) is 23.0 Å². The third kappa shape index (κ3) is 3.85. The number of anilines is 1. The Morgan fingerprint density at radius 3 is 2.59 bits per heavy atom. The fourth-order valence-corrected chi connectivity index (χ4v) is 1.82. The second kappa shape index (κ2) is 6.75. The SMILES string of the molecule is COc1cc(C(=O)Nc2ccc(CC(C)C(=O)O)cc2)on1. The number of nitrogens with one attached hydrogen (secondary N) is 1. The normalized spacial score (nSPS) is 11.7. The van der Waals surface area contributed by atoms with Gasteiger partial charge in [0.25, 0.3) is 11.8 Å². The van der Waals surface area contributed by atoms with Crippen LogP contribution < -0.4 is 10.1 Å². The predicted molar refractivity (Wildman–Crippen MR) is 78.0 cm³/mol. The molecule has 116 valence electrons. The predicted octanol–water partition coefficient (Wildman–Crippen LogP) is 2.20. The fraction of sp³-hybridized carbons (Fsp3) is 0.267. The van der Waals surface area contributed by atoms with Gasteiger partial charge in [-0.2, -0.15) is 0 Å². The number of carbonyl (C=O) groups excluding carboxylic acids is 1. The summed E-state index contributed by atoms with van der Waals surface area (Å²) >= 11 is 0. The van der Waals surface area contributed by atoms with Crippen LogP contribution >= 0.6 is 0 Å². The van der Waals surface area contributed by atoms with Crippen LogP contribution in [0.2, 0.25) is 0 Å². The molecule has 0 aliphatic rings. The second-order valence-corrected chi connectivity index (χ2v) is 4.83. The van der Waals surface area contributed by atoms with E-state index in [1.54, 1.807) is 31.2 Å². The zero-order valence-corrected chi connectivity index (χ0v) is 12.2. The third-order valence-electron chi connectivity index (χ3n) is 3.10. The number of methoxy groups -OCH3 is 1. The van der Waals surface area contributed by atoms with Crippen LogP contribution in [0.25, 0.3) is 0 Å². The average Bonchev–Trinajstić information content (AvgIpc) is 2.98. The van der Waals surface area contributed by atoms with Crippen molar-refractivity contribution in [3.63, 3.8) is 0 Å². The molecule has 7 heteroatoms. The molecule has 0 bridgehead atoms. The van der Waals surface area contributed by atoms with Gasteiger partial charge in [-0.3, -0.25) is 9.59 Å². The summed E-state index contributed by atoms with van der Waals surface area (Å²) in [4.78, 5) is 22.7. The van der Waals surface area contributed by atoms with Crippen molar-refractivity contribution in [1.29, 1.82) is 0 Å². The van der Waals surface area contributed by atoms with E-state index >= 15 is 0 Å². The molecule has 22 heavy (non-hydrogen) atoms. The number of hydrogen-bond donors (Lipinski definition) is 2. The van der Waals surface area contributed by atoms with E-state index in [1.807, 2.05) is 0 Å². The van der Waals surface area contributed by atoms with Gasteiger partial charge in [0.05, 0.1) is 19.1 Å². The van der Waals surface area contributed by atoms with Crippen molar-refractivity contribution in [3.8, 4) is 5.88 Å². The maximum Gasteiger partial charge on any atom is 0.306 e. The number of ether oxygens (including phenoxy) is 1. The Hall–Kier alpha value is -2.83. The second-order valence-electron chi connectivity index (χ2n) is 4.83. The summed E-state index contributed by atoms with van der Waals surface area (Å²) in [7, 11) is 1.43. The molecule has 1 atom stereocenters. The number of hydrogen-bond acceptors (Lipinski definition) is 5. The Labute approximate surface area is 126 Å². The minimum Gasteiger partial charge on any atom is -0.481 e. The Bertz CT molecular complexity index is 663. The molecular formula is C15H16N2O5. The number of benzene rings is 1. The number of aromatic nitrogens is 1. The standard InChI is InChI=1S/C15H16N2O5/c1-9(15(19)20)7-10-3-5-11(6-4-10)16-14(18)12-8-13(21-2)17-22-12/h3-6,8-9H,7H2,1-2H3,(H,16,18)(H,19,20). The summed E-state index contributed by atoms with van der Waals surface area (Å²) in [5.41, 5.74) is 1.46. The van der Waals surface area contributed by atoms with Crippen LogP contribution in [0.3, 0.4) is 0 Å². The van der Waals surface area contributed by atoms with Gasteiger partial charge in [0, 0.05) is 5.69 Å². The molecule has 1 aromatic heterocycles. The Balaban J connectivity index is 1.98. The van der Waals surface area contributed by atoms with Crippen LogP contribution in [0.4, 0.5) is 5.69 Å². The van der Waals surface area contributed by atoms with E-state index in [2.05, 4.69) is 10.5 Å². The van der Waals surface area contributed by atoms with Gasteiger partial charge in [0.2, 0.25) is 5.76 Å². The van der Waals surface area contributed by atoms with Gasteiger partial charge in [0.1, 0.15) is 0 Å². The zero-order valence-electron chi connectivity index (χ0n) is 12.2. The first-order valence-electron chi connectivity index (χ1n) is 6.63. The maximum absolute atomic E-state index is 11.9. The minimum absolute atomic E-state index is 0.0421. The summed E-state index contributed by atoms with van der Waals surface area (Å²) in [6.45, 7) is 1.65. The topological polar surface area (TPSA) is 102 Å². The number of carboxylic acid groups (broad SMARTS) is 1. The lowest BCUT2D eigenvalue weighted by molar-refractivity contribution is -0.141. The summed E-state index contributed by atoms with van der Waals surface area (Å²) in [6.07, 6.45) is 0.433.